The van der Waals surface area contributed by atoms with Crippen LogP contribution < -0.4 is 27.0 Å². The fraction of sp³-hybridized carbons (Fsp3) is 0.333. The molecule has 0 aliphatic carbocycles. The molecule has 1 heterocycles. The number of thiol groups is 1. The monoisotopic (exact) mass is 225 g/mol. The molecular weight excluding hydrogens is 210 g/mol. The number of anilines is 1. The maximum Gasteiger partial charge on any atom is 0.136 e. The van der Waals surface area contributed by atoms with Gasteiger partial charge in [0, 0.05) is 5.69 Å². The van der Waals surface area contributed by atoms with E-state index in [1.165, 1.54) is 0 Å². The molecule has 1 aliphatic heterocycles. The van der Waals surface area contributed by atoms with Crippen molar-refractivity contribution in [2.24, 2.45) is 5.73 Å². The van der Waals surface area contributed by atoms with Crippen LogP contribution in [0.1, 0.15) is 0 Å². The summed E-state index contributed by atoms with van der Waals surface area (Å²) in [6, 6.07) is 9.90. The van der Waals surface area contributed by atoms with Gasteiger partial charge in [-0.25, -0.2) is 0 Å². The van der Waals surface area contributed by atoms with Crippen LogP contribution in [0.2, 0.25) is 0 Å². The molecule has 0 spiro atoms. The Morgan fingerprint density at radius 2 is 1.87 bits per heavy atom. The standard InChI is InChI=1S/C9H15N5S/c10-7-12-8(14-9(15)13-7)11-6-4-2-1-3-5-6/h1-5,7-9,11-15H,10H2/t7-,8+,9-/m0/s1. The van der Waals surface area contributed by atoms with Crippen molar-refractivity contribution in [2.75, 3.05) is 5.32 Å². The minimum Gasteiger partial charge on any atom is -0.357 e. The van der Waals surface area contributed by atoms with Crippen molar-refractivity contribution in [1.82, 2.24) is 16.0 Å². The quantitative estimate of drug-likeness (QED) is 0.387. The van der Waals surface area contributed by atoms with E-state index in [2.05, 4.69) is 33.9 Å². The van der Waals surface area contributed by atoms with Crippen molar-refractivity contribution in [1.29, 1.82) is 0 Å². The zero-order chi connectivity index (χ0) is 10.7. The Bertz CT molecular complexity index is 297. The molecule has 0 unspecified atom stereocenters. The highest BCUT2D eigenvalue weighted by atomic mass is 32.1. The van der Waals surface area contributed by atoms with Gasteiger partial charge in [0.05, 0.1) is 0 Å². The third-order valence-corrected chi connectivity index (χ3v) is 2.39. The molecule has 5 nitrogen and oxygen atoms in total. The van der Waals surface area contributed by atoms with Crippen LogP contribution >= 0.6 is 12.6 Å². The second-order valence-electron chi connectivity index (χ2n) is 3.32. The van der Waals surface area contributed by atoms with Crippen LogP contribution in [-0.2, 0) is 0 Å². The van der Waals surface area contributed by atoms with Gasteiger partial charge in [0.25, 0.3) is 0 Å². The topological polar surface area (TPSA) is 74.1 Å². The van der Waals surface area contributed by atoms with Crippen molar-refractivity contribution < 1.29 is 0 Å². The van der Waals surface area contributed by atoms with Gasteiger partial charge in [0.15, 0.2) is 0 Å². The predicted octanol–water partition coefficient (Wildman–Crippen LogP) is -0.380. The number of para-hydroxylation sites is 1. The van der Waals surface area contributed by atoms with Crippen molar-refractivity contribution >= 4 is 18.3 Å². The molecule has 2 rings (SSSR count). The number of hydrogen-bond donors (Lipinski definition) is 6. The van der Waals surface area contributed by atoms with E-state index in [0.717, 1.165) is 5.69 Å². The predicted molar refractivity (Wildman–Crippen MR) is 64.0 cm³/mol. The van der Waals surface area contributed by atoms with Crippen LogP contribution in [0, 0.1) is 0 Å². The normalized spacial score (nSPS) is 31.2. The van der Waals surface area contributed by atoms with E-state index in [9.17, 15) is 0 Å². The second-order valence-corrected chi connectivity index (χ2v) is 3.84. The average Bonchev–Trinajstić information content (AvgIpc) is 2.17. The number of nitrogens with one attached hydrogen (secondary N) is 4. The van der Waals surface area contributed by atoms with Gasteiger partial charge in [-0.15, -0.1) is 12.6 Å². The lowest BCUT2D eigenvalue weighted by molar-refractivity contribution is 0.269. The molecule has 0 saturated carbocycles. The molecular formula is C9H15N5S. The van der Waals surface area contributed by atoms with Crippen LogP contribution in [0.15, 0.2) is 30.3 Å². The van der Waals surface area contributed by atoms with E-state index in [1.54, 1.807) is 0 Å². The van der Waals surface area contributed by atoms with Gasteiger partial charge in [-0.1, -0.05) is 18.2 Å². The smallest absolute Gasteiger partial charge is 0.136 e. The highest BCUT2D eigenvalue weighted by Crippen LogP contribution is 2.06. The van der Waals surface area contributed by atoms with Crippen LogP contribution in [0.5, 0.6) is 0 Å². The highest BCUT2D eigenvalue weighted by molar-refractivity contribution is 7.80. The fourth-order valence-corrected chi connectivity index (χ4v) is 1.75. The van der Waals surface area contributed by atoms with Gasteiger partial charge >= 0.3 is 0 Å². The van der Waals surface area contributed by atoms with Crippen LogP contribution in [-0.4, -0.2) is 18.1 Å². The lowest BCUT2D eigenvalue weighted by Crippen LogP contribution is -2.70. The maximum absolute atomic E-state index is 5.72. The van der Waals surface area contributed by atoms with Gasteiger partial charge in [0.1, 0.15) is 18.1 Å². The van der Waals surface area contributed by atoms with E-state index >= 15 is 0 Å². The van der Waals surface area contributed by atoms with Crippen molar-refractivity contribution in [2.45, 2.75) is 18.1 Å². The first kappa shape index (κ1) is 10.7. The molecule has 3 atom stereocenters. The summed E-state index contributed by atoms with van der Waals surface area (Å²) in [5.41, 5.74) is 6.62. The molecule has 0 radical (unpaired) electrons. The number of hydrogen-bond acceptors (Lipinski definition) is 6. The van der Waals surface area contributed by atoms with Crippen molar-refractivity contribution in [3.05, 3.63) is 30.3 Å². The Balaban J connectivity index is 1.94. The van der Waals surface area contributed by atoms with Crippen LogP contribution in [0.3, 0.4) is 0 Å². The Kier molecular flexibility index (Phi) is 3.45. The van der Waals surface area contributed by atoms with Gasteiger partial charge in [-0.05, 0) is 12.1 Å². The molecule has 1 aromatic rings. The van der Waals surface area contributed by atoms with Gasteiger partial charge in [0.2, 0.25) is 0 Å². The largest absolute Gasteiger partial charge is 0.357 e. The Morgan fingerprint density at radius 1 is 1.13 bits per heavy atom. The number of rotatable bonds is 2. The van der Waals surface area contributed by atoms with Gasteiger partial charge in [-0.3, -0.25) is 16.0 Å². The molecule has 1 aromatic carbocycles. The lowest BCUT2D eigenvalue weighted by Gasteiger charge is -2.35. The first-order chi connectivity index (χ1) is 7.24. The molecule has 6 N–H and O–H groups in total. The molecule has 0 amide bonds. The first-order valence-electron chi connectivity index (χ1n) is 4.77. The third-order valence-electron chi connectivity index (χ3n) is 2.09. The van der Waals surface area contributed by atoms with Gasteiger partial charge < -0.3 is 11.1 Å². The summed E-state index contributed by atoms with van der Waals surface area (Å²) in [5.74, 6) is 0. The second kappa shape index (κ2) is 4.82. The number of nitrogens with two attached hydrogens (primary N) is 1. The molecule has 1 saturated heterocycles. The van der Waals surface area contributed by atoms with Crippen LogP contribution in [0.4, 0.5) is 5.69 Å². The molecule has 6 heteroatoms. The minimum absolute atomic E-state index is 0.0915. The molecule has 0 bridgehead atoms. The summed E-state index contributed by atoms with van der Waals surface area (Å²) in [7, 11) is 0. The third kappa shape index (κ3) is 3.08. The van der Waals surface area contributed by atoms with E-state index < -0.39 is 0 Å². The summed E-state index contributed by atoms with van der Waals surface area (Å²) in [5, 5.41) is 12.5. The molecule has 0 aromatic heterocycles. The molecule has 82 valence electrons. The van der Waals surface area contributed by atoms with Crippen molar-refractivity contribution in [3.8, 4) is 0 Å². The summed E-state index contributed by atoms with van der Waals surface area (Å²) in [6.45, 7) is 0. The van der Waals surface area contributed by atoms with E-state index in [4.69, 9.17) is 5.73 Å². The van der Waals surface area contributed by atoms with Crippen molar-refractivity contribution in [3.63, 3.8) is 0 Å². The summed E-state index contributed by atoms with van der Waals surface area (Å²) >= 11 is 4.26. The molecule has 1 aliphatic rings. The Morgan fingerprint density at radius 3 is 2.53 bits per heavy atom. The van der Waals surface area contributed by atoms with E-state index in [1.807, 2.05) is 30.3 Å². The maximum atomic E-state index is 5.72. The summed E-state index contributed by atoms with van der Waals surface area (Å²) in [6.07, 6.45) is -0.360. The lowest BCUT2D eigenvalue weighted by atomic mass is 10.3. The van der Waals surface area contributed by atoms with Crippen LogP contribution in [0.25, 0.3) is 0 Å². The Labute approximate surface area is 94.2 Å². The zero-order valence-electron chi connectivity index (χ0n) is 8.14. The fourth-order valence-electron chi connectivity index (χ4n) is 1.44. The zero-order valence-corrected chi connectivity index (χ0v) is 9.04. The minimum atomic E-state index is -0.269. The first-order valence-corrected chi connectivity index (χ1v) is 5.29. The summed E-state index contributed by atoms with van der Waals surface area (Å²) < 4.78 is 0. The Hall–Kier alpha value is -0.790. The van der Waals surface area contributed by atoms with E-state index in [0.29, 0.717) is 0 Å². The number of benzene rings is 1. The van der Waals surface area contributed by atoms with E-state index in [-0.39, 0.29) is 18.1 Å². The summed E-state index contributed by atoms with van der Waals surface area (Å²) in [4.78, 5) is 0. The molecule has 15 heavy (non-hydrogen) atoms. The average molecular weight is 225 g/mol. The van der Waals surface area contributed by atoms with Gasteiger partial charge in [-0.2, -0.15) is 0 Å². The molecule has 1 fully saturated rings. The SMILES string of the molecule is N[C@@H]1N[C@H](S)N[C@H](Nc2ccccc2)N1. The highest BCUT2D eigenvalue weighted by Gasteiger charge is 2.21.